The van der Waals surface area contributed by atoms with E-state index in [1.807, 2.05) is 14.0 Å². The summed E-state index contributed by atoms with van der Waals surface area (Å²) in [6, 6.07) is 3.96. The molecule has 0 saturated heterocycles. The van der Waals surface area contributed by atoms with Crippen molar-refractivity contribution in [1.82, 2.24) is 19.7 Å². The van der Waals surface area contributed by atoms with E-state index < -0.39 is 0 Å². The molecule has 0 aliphatic heterocycles. The summed E-state index contributed by atoms with van der Waals surface area (Å²) in [7, 11) is 1.82. The first-order chi connectivity index (χ1) is 7.72. The number of hydrogen-bond donors (Lipinski definition) is 0. The van der Waals surface area contributed by atoms with E-state index in [1.54, 1.807) is 16.9 Å². The SMILES string of the molecule is Cc1nn(C)c(Sc2ccncn2)c1C#N. The lowest BCUT2D eigenvalue weighted by Crippen LogP contribution is -1.93. The van der Waals surface area contributed by atoms with E-state index in [9.17, 15) is 0 Å². The Morgan fingerprint density at radius 2 is 2.31 bits per heavy atom. The average molecular weight is 231 g/mol. The van der Waals surface area contributed by atoms with Gasteiger partial charge in [0.05, 0.1) is 5.69 Å². The fraction of sp³-hybridized carbons (Fsp3) is 0.200. The van der Waals surface area contributed by atoms with Crippen LogP contribution < -0.4 is 0 Å². The number of rotatable bonds is 2. The maximum absolute atomic E-state index is 9.04. The van der Waals surface area contributed by atoms with Gasteiger partial charge in [0.1, 0.15) is 28.0 Å². The van der Waals surface area contributed by atoms with Gasteiger partial charge in [0, 0.05) is 13.2 Å². The van der Waals surface area contributed by atoms with Crippen LogP contribution in [0.5, 0.6) is 0 Å². The molecule has 5 nitrogen and oxygen atoms in total. The molecular weight excluding hydrogens is 222 g/mol. The summed E-state index contributed by atoms with van der Waals surface area (Å²) in [4.78, 5) is 7.95. The number of nitriles is 1. The van der Waals surface area contributed by atoms with Gasteiger partial charge in [-0.15, -0.1) is 0 Å². The van der Waals surface area contributed by atoms with Crippen molar-refractivity contribution in [2.24, 2.45) is 7.05 Å². The summed E-state index contributed by atoms with van der Waals surface area (Å²) >= 11 is 1.41. The normalized spacial score (nSPS) is 10.1. The van der Waals surface area contributed by atoms with Crippen molar-refractivity contribution >= 4 is 11.8 Å². The van der Waals surface area contributed by atoms with E-state index in [0.29, 0.717) is 5.56 Å². The molecule has 0 fully saturated rings. The lowest BCUT2D eigenvalue weighted by molar-refractivity contribution is 0.691. The van der Waals surface area contributed by atoms with Crippen LogP contribution in [0.4, 0.5) is 0 Å². The minimum absolute atomic E-state index is 0.603. The van der Waals surface area contributed by atoms with Gasteiger partial charge < -0.3 is 0 Å². The lowest BCUT2D eigenvalue weighted by Gasteiger charge is -2.00. The molecule has 2 heterocycles. The molecule has 0 aromatic carbocycles. The molecule has 0 radical (unpaired) electrons. The van der Waals surface area contributed by atoms with E-state index >= 15 is 0 Å². The third-order valence-corrected chi connectivity index (χ3v) is 3.15. The van der Waals surface area contributed by atoms with Crippen molar-refractivity contribution in [3.8, 4) is 6.07 Å². The molecular formula is C10H9N5S. The Morgan fingerprint density at radius 1 is 1.50 bits per heavy atom. The number of nitrogens with zero attached hydrogens (tertiary/aromatic N) is 5. The Bertz CT molecular complexity index is 540. The number of aromatic nitrogens is 4. The van der Waals surface area contributed by atoms with E-state index in [2.05, 4.69) is 21.1 Å². The summed E-state index contributed by atoms with van der Waals surface area (Å²) in [5, 5.41) is 14.9. The second-order valence-electron chi connectivity index (χ2n) is 3.15. The third-order valence-electron chi connectivity index (χ3n) is 2.04. The Morgan fingerprint density at radius 3 is 2.94 bits per heavy atom. The van der Waals surface area contributed by atoms with Crippen LogP contribution in [0.3, 0.4) is 0 Å². The minimum atomic E-state index is 0.603. The summed E-state index contributed by atoms with van der Waals surface area (Å²) in [5.74, 6) is 0. The van der Waals surface area contributed by atoms with Crippen molar-refractivity contribution in [3.05, 3.63) is 29.8 Å². The van der Waals surface area contributed by atoms with E-state index in [0.717, 1.165) is 15.7 Å². The molecule has 80 valence electrons. The van der Waals surface area contributed by atoms with Crippen LogP contribution in [0.15, 0.2) is 28.6 Å². The van der Waals surface area contributed by atoms with Crippen LogP contribution >= 0.6 is 11.8 Å². The van der Waals surface area contributed by atoms with Crippen LogP contribution in [0, 0.1) is 18.3 Å². The Hall–Kier alpha value is -1.87. The van der Waals surface area contributed by atoms with Gasteiger partial charge >= 0.3 is 0 Å². The molecule has 0 bridgehead atoms. The summed E-state index contributed by atoms with van der Waals surface area (Å²) in [6.45, 7) is 1.82. The average Bonchev–Trinajstić information content (AvgIpc) is 2.55. The molecule has 0 N–H and O–H groups in total. The Kier molecular flexibility index (Phi) is 2.88. The van der Waals surface area contributed by atoms with E-state index in [-0.39, 0.29) is 0 Å². The van der Waals surface area contributed by atoms with Gasteiger partial charge in [-0.25, -0.2) is 9.97 Å². The molecule has 2 aromatic heterocycles. The third kappa shape index (κ3) is 1.90. The molecule has 0 aliphatic carbocycles. The topological polar surface area (TPSA) is 67.4 Å². The highest BCUT2D eigenvalue weighted by Gasteiger charge is 2.14. The number of hydrogen-bond acceptors (Lipinski definition) is 5. The first-order valence-corrected chi connectivity index (χ1v) is 5.41. The van der Waals surface area contributed by atoms with Gasteiger partial charge in [0.2, 0.25) is 0 Å². The molecule has 16 heavy (non-hydrogen) atoms. The van der Waals surface area contributed by atoms with Crippen LogP contribution in [0.2, 0.25) is 0 Å². The van der Waals surface area contributed by atoms with Gasteiger partial charge in [-0.05, 0) is 24.8 Å². The van der Waals surface area contributed by atoms with E-state index in [1.165, 1.54) is 18.1 Å². The summed E-state index contributed by atoms with van der Waals surface area (Å²) in [5.41, 5.74) is 1.34. The first kappa shape index (κ1) is 10.6. The fourth-order valence-electron chi connectivity index (χ4n) is 1.32. The van der Waals surface area contributed by atoms with Crippen molar-refractivity contribution in [1.29, 1.82) is 5.26 Å². The van der Waals surface area contributed by atoms with Crippen molar-refractivity contribution in [3.63, 3.8) is 0 Å². The maximum atomic E-state index is 9.04. The van der Waals surface area contributed by atoms with Gasteiger partial charge in [-0.1, -0.05) is 0 Å². The maximum Gasteiger partial charge on any atom is 0.118 e. The largest absolute Gasteiger partial charge is 0.260 e. The highest BCUT2D eigenvalue weighted by molar-refractivity contribution is 7.99. The zero-order valence-corrected chi connectivity index (χ0v) is 9.69. The van der Waals surface area contributed by atoms with Crippen LogP contribution in [0.25, 0.3) is 0 Å². The highest BCUT2D eigenvalue weighted by atomic mass is 32.2. The highest BCUT2D eigenvalue weighted by Crippen LogP contribution is 2.29. The molecule has 0 saturated carbocycles. The summed E-state index contributed by atoms with van der Waals surface area (Å²) in [6.07, 6.45) is 3.15. The van der Waals surface area contributed by atoms with Crippen LogP contribution in [-0.2, 0) is 7.05 Å². The smallest absolute Gasteiger partial charge is 0.118 e. The van der Waals surface area contributed by atoms with Crippen LogP contribution in [0.1, 0.15) is 11.3 Å². The quantitative estimate of drug-likeness (QED) is 0.733. The molecule has 0 amide bonds. The Balaban J connectivity index is 2.39. The lowest BCUT2D eigenvalue weighted by atomic mass is 10.3. The summed E-state index contributed by atoms with van der Waals surface area (Å²) < 4.78 is 1.70. The van der Waals surface area contributed by atoms with Gasteiger partial charge in [0.25, 0.3) is 0 Å². The minimum Gasteiger partial charge on any atom is -0.260 e. The van der Waals surface area contributed by atoms with E-state index in [4.69, 9.17) is 5.26 Å². The van der Waals surface area contributed by atoms with Crippen molar-refractivity contribution in [2.45, 2.75) is 17.0 Å². The molecule has 2 aromatic rings. The van der Waals surface area contributed by atoms with Gasteiger partial charge in [0.15, 0.2) is 0 Å². The molecule has 0 spiro atoms. The predicted molar refractivity (Wildman–Crippen MR) is 58.8 cm³/mol. The molecule has 0 aliphatic rings. The molecule has 0 atom stereocenters. The zero-order valence-electron chi connectivity index (χ0n) is 8.88. The first-order valence-electron chi connectivity index (χ1n) is 4.60. The molecule has 6 heteroatoms. The van der Waals surface area contributed by atoms with Crippen molar-refractivity contribution in [2.75, 3.05) is 0 Å². The monoisotopic (exact) mass is 231 g/mol. The Labute approximate surface area is 97.1 Å². The van der Waals surface area contributed by atoms with Gasteiger partial charge in [-0.2, -0.15) is 10.4 Å². The second-order valence-corrected chi connectivity index (χ2v) is 4.16. The van der Waals surface area contributed by atoms with Gasteiger partial charge in [-0.3, -0.25) is 4.68 Å². The van der Waals surface area contributed by atoms with Crippen molar-refractivity contribution < 1.29 is 0 Å². The number of aryl methyl sites for hydroxylation is 2. The molecule has 2 rings (SSSR count). The fourth-order valence-corrected chi connectivity index (χ4v) is 2.22. The predicted octanol–water partition coefficient (Wildman–Crippen LogP) is 1.54. The zero-order chi connectivity index (χ0) is 11.5. The standard InChI is InChI=1S/C10H9N5S/c1-7-8(5-11)10(15(2)14-7)16-9-3-4-12-6-13-9/h3-4,6H,1-2H3. The van der Waals surface area contributed by atoms with Crippen LogP contribution in [-0.4, -0.2) is 19.7 Å². The second kappa shape index (κ2) is 4.33. The molecule has 0 unspecified atom stereocenters.